The zero-order valence-corrected chi connectivity index (χ0v) is 13.1. The third-order valence-electron chi connectivity index (χ3n) is 3.86. The summed E-state index contributed by atoms with van der Waals surface area (Å²) in [6, 6.07) is 17.7. The van der Waals surface area contributed by atoms with Gasteiger partial charge >= 0.3 is 0 Å². The first-order valence-electron chi connectivity index (χ1n) is 8.02. The molecular weight excluding hydrogens is 274 g/mol. The third-order valence-corrected chi connectivity index (χ3v) is 3.86. The van der Waals surface area contributed by atoms with Crippen molar-refractivity contribution in [2.24, 2.45) is 0 Å². The average molecular weight is 297 g/mol. The molecule has 0 saturated carbocycles. The van der Waals surface area contributed by atoms with Crippen molar-refractivity contribution in [3.05, 3.63) is 54.6 Å². The first-order valence-corrected chi connectivity index (χ1v) is 8.02. The molecule has 0 aromatic heterocycles. The molecule has 1 unspecified atom stereocenters. The van der Waals surface area contributed by atoms with Crippen molar-refractivity contribution in [2.75, 3.05) is 19.6 Å². The van der Waals surface area contributed by atoms with E-state index in [9.17, 15) is 0 Å². The molecule has 1 aliphatic rings. The topological polar surface area (TPSA) is 21.7 Å². The van der Waals surface area contributed by atoms with Gasteiger partial charge in [0, 0.05) is 6.54 Å². The van der Waals surface area contributed by atoms with E-state index in [0.717, 1.165) is 23.8 Å². The second kappa shape index (κ2) is 7.32. The minimum Gasteiger partial charge on any atom is -0.485 e. The van der Waals surface area contributed by atoms with E-state index in [-0.39, 0.29) is 6.10 Å². The molecule has 0 aliphatic carbocycles. The fraction of sp³-hybridized carbons (Fsp3) is 0.368. The van der Waals surface area contributed by atoms with Crippen LogP contribution in [0.25, 0.3) is 0 Å². The molecule has 0 bridgehead atoms. The average Bonchev–Trinajstić information content (AvgIpc) is 3.03. The molecule has 3 nitrogen and oxygen atoms in total. The molecular formula is C19H23NO2. The quantitative estimate of drug-likeness (QED) is 0.791. The van der Waals surface area contributed by atoms with Crippen molar-refractivity contribution in [1.29, 1.82) is 0 Å². The Morgan fingerprint density at radius 3 is 2.27 bits per heavy atom. The summed E-state index contributed by atoms with van der Waals surface area (Å²) in [5.74, 6) is 2.39. The van der Waals surface area contributed by atoms with Crippen molar-refractivity contribution in [1.82, 2.24) is 4.90 Å². The third kappa shape index (κ3) is 4.01. The Bertz CT molecular complexity index is 579. The fourth-order valence-corrected chi connectivity index (χ4v) is 2.83. The van der Waals surface area contributed by atoms with Crippen LogP contribution < -0.4 is 9.47 Å². The minimum absolute atomic E-state index is 0.152. The maximum Gasteiger partial charge on any atom is 0.169 e. The number of benzene rings is 2. The smallest absolute Gasteiger partial charge is 0.169 e. The number of nitrogens with zero attached hydrogens (tertiary/aromatic N) is 1. The van der Waals surface area contributed by atoms with Crippen molar-refractivity contribution < 1.29 is 9.47 Å². The van der Waals surface area contributed by atoms with Crippen LogP contribution >= 0.6 is 0 Å². The highest BCUT2D eigenvalue weighted by molar-refractivity contribution is 5.42. The summed E-state index contributed by atoms with van der Waals surface area (Å²) in [6.07, 6.45) is 2.76. The van der Waals surface area contributed by atoms with Crippen LogP contribution in [0.1, 0.15) is 19.8 Å². The summed E-state index contributed by atoms with van der Waals surface area (Å²) >= 11 is 0. The lowest BCUT2D eigenvalue weighted by Crippen LogP contribution is -2.31. The lowest BCUT2D eigenvalue weighted by atomic mass is 10.3. The summed E-state index contributed by atoms with van der Waals surface area (Å²) in [5, 5.41) is 0. The monoisotopic (exact) mass is 297 g/mol. The molecule has 0 spiro atoms. The standard InChI is InChI=1S/C19H23NO2/c1-16(15-20-13-7-8-14-20)21-18-11-5-6-12-19(18)22-17-9-3-2-4-10-17/h2-6,9-12,16H,7-8,13-15H2,1H3. The van der Waals surface area contributed by atoms with Gasteiger partial charge in [-0.25, -0.2) is 0 Å². The number of likely N-dealkylation sites (tertiary alicyclic amines) is 1. The van der Waals surface area contributed by atoms with Gasteiger partial charge in [-0.2, -0.15) is 0 Å². The molecule has 2 aromatic rings. The van der Waals surface area contributed by atoms with E-state index in [1.54, 1.807) is 0 Å². The zero-order chi connectivity index (χ0) is 15.2. The predicted octanol–water partition coefficient (Wildman–Crippen LogP) is 4.34. The molecule has 0 N–H and O–H groups in total. The van der Waals surface area contributed by atoms with Gasteiger partial charge in [-0.15, -0.1) is 0 Å². The largest absolute Gasteiger partial charge is 0.485 e. The van der Waals surface area contributed by atoms with Gasteiger partial charge in [0.05, 0.1) is 0 Å². The van der Waals surface area contributed by atoms with Gasteiger partial charge in [0.15, 0.2) is 11.5 Å². The van der Waals surface area contributed by atoms with E-state index in [4.69, 9.17) is 9.47 Å². The summed E-state index contributed by atoms with van der Waals surface area (Å²) < 4.78 is 12.1. The SMILES string of the molecule is CC(CN1CCCC1)Oc1ccccc1Oc1ccccc1. The van der Waals surface area contributed by atoms with E-state index in [0.29, 0.717) is 0 Å². The van der Waals surface area contributed by atoms with Crippen molar-refractivity contribution >= 4 is 0 Å². The normalized spacial score (nSPS) is 16.4. The van der Waals surface area contributed by atoms with Crippen LogP contribution in [0.2, 0.25) is 0 Å². The summed E-state index contributed by atoms with van der Waals surface area (Å²) in [4.78, 5) is 2.46. The Morgan fingerprint density at radius 2 is 1.55 bits per heavy atom. The predicted molar refractivity (Wildman–Crippen MR) is 88.7 cm³/mol. The van der Waals surface area contributed by atoms with Crippen molar-refractivity contribution in [3.63, 3.8) is 0 Å². The molecule has 3 heteroatoms. The van der Waals surface area contributed by atoms with Crippen LogP contribution in [0, 0.1) is 0 Å². The minimum atomic E-state index is 0.152. The number of para-hydroxylation sites is 3. The Labute approximate surface area is 132 Å². The number of rotatable bonds is 6. The van der Waals surface area contributed by atoms with Gasteiger partial charge < -0.3 is 9.47 Å². The Hall–Kier alpha value is -2.00. The Kier molecular flexibility index (Phi) is 4.96. The van der Waals surface area contributed by atoms with Gasteiger partial charge in [-0.1, -0.05) is 30.3 Å². The maximum atomic E-state index is 6.11. The van der Waals surface area contributed by atoms with E-state index in [2.05, 4.69) is 11.8 Å². The van der Waals surface area contributed by atoms with Crippen LogP contribution in [0.15, 0.2) is 54.6 Å². The lowest BCUT2D eigenvalue weighted by Gasteiger charge is -2.22. The Morgan fingerprint density at radius 1 is 0.909 bits per heavy atom. The fourth-order valence-electron chi connectivity index (χ4n) is 2.83. The van der Waals surface area contributed by atoms with Gasteiger partial charge in [0.25, 0.3) is 0 Å². The second-order valence-corrected chi connectivity index (χ2v) is 5.80. The summed E-state index contributed by atoms with van der Waals surface area (Å²) in [5.41, 5.74) is 0. The molecule has 3 rings (SSSR count). The zero-order valence-electron chi connectivity index (χ0n) is 13.1. The first-order chi connectivity index (χ1) is 10.8. The molecule has 1 heterocycles. The maximum absolute atomic E-state index is 6.11. The van der Waals surface area contributed by atoms with E-state index < -0.39 is 0 Å². The number of ether oxygens (including phenoxy) is 2. The van der Waals surface area contributed by atoms with Gasteiger partial charge in [0.1, 0.15) is 11.9 Å². The molecule has 1 fully saturated rings. The summed E-state index contributed by atoms with van der Waals surface area (Å²) in [6.45, 7) is 5.48. The molecule has 0 radical (unpaired) electrons. The molecule has 1 atom stereocenters. The molecule has 2 aromatic carbocycles. The molecule has 116 valence electrons. The van der Waals surface area contributed by atoms with Crippen LogP contribution in [0.5, 0.6) is 17.2 Å². The number of hydrogen-bond acceptors (Lipinski definition) is 3. The van der Waals surface area contributed by atoms with Gasteiger partial charge in [-0.3, -0.25) is 4.90 Å². The van der Waals surface area contributed by atoms with Crippen LogP contribution in [0.3, 0.4) is 0 Å². The molecule has 22 heavy (non-hydrogen) atoms. The highest BCUT2D eigenvalue weighted by Crippen LogP contribution is 2.31. The molecule has 1 saturated heterocycles. The highest BCUT2D eigenvalue weighted by atomic mass is 16.5. The summed E-state index contributed by atoms with van der Waals surface area (Å²) in [7, 11) is 0. The lowest BCUT2D eigenvalue weighted by molar-refractivity contribution is 0.158. The second-order valence-electron chi connectivity index (χ2n) is 5.80. The highest BCUT2D eigenvalue weighted by Gasteiger charge is 2.16. The Balaban J connectivity index is 1.65. The van der Waals surface area contributed by atoms with E-state index in [1.165, 1.54) is 25.9 Å². The van der Waals surface area contributed by atoms with Crippen LogP contribution in [-0.4, -0.2) is 30.6 Å². The van der Waals surface area contributed by atoms with Crippen LogP contribution in [0.4, 0.5) is 0 Å². The first kappa shape index (κ1) is 14.9. The molecule has 1 aliphatic heterocycles. The van der Waals surface area contributed by atoms with Gasteiger partial charge in [-0.05, 0) is 57.1 Å². The van der Waals surface area contributed by atoms with Crippen molar-refractivity contribution in [2.45, 2.75) is 25.9 Å². The van der Waals surface area contributed by atoms with E-state index >= 15 is 0 Å². The van der Waals surface area contributed by atoms with Crippen LogP contribution in [-0.2, 0) is 0 Å². The number of hydrogen-bond donors (Lipinski definition) is 0. The molecule has 0 amide bonds. The van der Waals surface area contributed by atoms with Crippen molar-refractivity contribution in [3.8, 4) is 17.2 Å². The van der Waals surface area contributed by atoms with E-state index in [1.807, 2.05) is 54.6 Å². The van der Waals surface area contributed by atoms with Gasteiger partial charge in [0.2, 0.25) is 0 Å².